The zero-order chi connectivity index (χ0) is 11.2. The Hall–Kier alpha value is -1.19. The van der Waals surface area contributed by atoms with E-state index in [0.717, 1.165) is 23.5 Å². The van der Waals surface area contributed by atoms with Crippen LogP contribution in [-0.2, 0) is 5.54 Å². The Labute approximate surface area is 99.1 Å². The van der Waals surface area contributed by atoms with Gasteiger partial charge in [0, 0.05) is 10.4 Å². The van der Waals surface area contributed by atoms with Gasteiger partial charge in [-0.15, -0.1) is 11.3 Å². The first-order chi connectivity index (χ1) is 7.69. The van der Waals surface area contributed by atoms with Crippen LogP contribution in [0.3, 0.4) is 0 Å². The summed E-state index contributed by atoms with van der Waals surface area (Å²) in [6.45, 7) is 2.06. The molecule has 1 aliphatic carbocycles. The molecule has 1 aromatic carbocycles. The molecule has 1 aromatic heterocycles. The quantitative estimate of drug-likeness (QED) is 0.861. The molecule has 2 N–H and O–H groups in total. The lowest BCUT2D eigenvalue weighted by Gasteiger charge is -2.04. The van der Waals surface area contributed by atoms with Crippen LogP contribution in [0.15, 0.2) is 30.3 Å². The zero-order valence-electron chi connectivity index (χ0n) is 9.23. The third kappa shape index (κ3) is 1.56. The Morgan fingerprint density at radius 2 is 1.94 bits per heavy atom. The first-order valence-corrected chi connectivity index (χ1v) is 6.33. The molecular weight excluding hydrogens is 216 g/mol. The molecule has 3 rings (SSSR count). The van der Waals surface area contributed by atoms with E-state index in [0.29, 0.717) is 0 Å². The van der Waals surface area contributed by atoms with Gasteiger partial charge in [-0.1, -0.05) is 30.3 Å². The van der Waals surface area contributed by atoms with Crippen molar-refractivity contribution in [2.45, 2.75) is 25.3 Å². The molecule has 0 bridgehead atoms. The molecule has 0 unspecified atom stereocenters. The van der Waals surface area contributed by atoms with Crippen LogP contribution < -0.4 is 5.73 Å². The van der Waals surface area contributed by atoms with Crippen molar-refractivity contribution in [1.82, 2.24) is 4.98 Å². The number of benzene rings is 1. The van der Waals surface area contributed by atoms with Gasteiger partial charge >= 0.3 is 0 Å². The molecule has 1 aliphatic rings. The predicted octanol–water partition coefficient (Wildman–Crippen LogP) is 3.07. The van der Waals surface area contributed by atoms with Gasteiger partial charge in [-0.25, -0.2) is 4.98 Å². The molecule has 0 aliphatic heterocycles. The van der Waals surface area contributed by atoms with Crippen LogP contribution in [0.5, 0.6) is 0 Å². The van der Waals surface area contributed by atoms with Gasteiger partial charge in [0.2, 0.25) is 0 Å². The molecule has 16 heavy (non-hydrogen) atoms. The average Bonchev–Trinajstić information content (AvgIpc) is 2.91. The van der Waals surface area contributed by atoms with Crippen molar-refractivity contribution < 1.29 is 0 Å². The number of aromatic nitrogens is 1. The number of nitrogens with zero attached hydrogens (tertiary/aromatic N) is 1. The Balaban J connectivity index is 2.05. The average molecular weight is 230 g/mol. The predicted molar refractivity (Wildman–Crippen MR) is 67.4 cm³/mol. The second-order valence-electron chi connectivity index (χ2n) is 4.46. The van der Waals surface area contributed by atoms with Crippen LogP contribution >= 0.6 is 11.3 Å². The first kappa shape index (κ1) is 10.00. The smallest absolute Gasteiger partial charge is 0.123 e. The molecule has 2 aromatic rings. The Kier molecular flexibility index (Phi) is 2.13. The topological polar surface area (TPSA) is 38.9 Å². The van der Waals surface area contributed by atoms with E-state index in [1.807, 2.05) is 18.2 Å². The molecule has 2 nitrogen and oxygen atoms in total. The second-order valence-corrected chi connectivity index (χ2v) is 5.45. The minimum atomic E-state index is -0.0607. The molecular formula is C13H14N2S. The van der Waals surface area contributed by atoms with Gasteiger partial charge < -0.3 is 5.73 Å². The van der Waals surface area contributed by atoms with E-state index < -0.39 is 0 Å². The molecule has 0 spiro atoms. The summed E-state index contributed by atoms with van der Waals surface area (Å²) in [5, 5.41) is 1.09. The molecule has 0 atom stereocenters. The van der Waals surface area contributed by atoms with Crippen molar-refractivity contribution in [3.63, 3.8) is 0 Å². The van der Waals surface area contributed by atoms with Crippen molar-refractivity contribution in [2.24, 2.45) is 5.73 Å². The van der Waals surface area contributed by atoms with Crippen molar-refractivity contribution >= 4 is 11.3 Å². The molecule has 0 amide bonds. The highest BCUT2D eigenvalue weighted by molar-refractivity contribution is 7.15. The van der Waals surface area contributed by atoms with E-state index in [4.69, 9.17) is 5.73 Å². The lowest BCUT2D eigenvalue weighted by Crippen LogP contribution is -2.18. The summed E-state index contributed by atoms with van der Waals surface area (Å²) in [5.41, 5.74) is 8.46. The van der Waals surface area contributed by atoms with Gasteiger partial charge in [0.05, 0.1) is 11.2 Å². The lowest BCUT2D eigenvalue weighted by atomic mass is 10.2. The first-order valence-electron chi connectivity index (χ1n) is 5.51. The maximum Gasteiger partial charge on any atom is 0.123 e. The van der Waals surface area contributed by atoms with Gasteiger partial charge in [-0.05, 0) is 19.8 Å². The summed E-state index contributed by atoms with van der Waals surface area (Å²) in [6.07, 6.45) is 2.20. The number of rotatable bonds is 2. The summed E-state index contributed by atoms with van der Waals surface area (Å²) in [4.78, 5) is 5.90. The fourth-order valence-electron chi connectivity index (χ4n) is 1.92. The number of hydrogen-bond acceptors (Lipinski definition) is 3. The highest BCUT2D eigenvalue weighted by Crippen LogP contribution is 2.47. The minimum absolute atomic E-state index is 0.0607. The second kappa shape index (κ2) is 3.40. The number of hydrogen-bond donors (Lipinski definition) is 1. The van der Waals surface area contributed by atoms with Gasteiger partial charge in [0.15, 0.2) is 0 Å². The van der Waals surface area contributed by atoms with Crippen LogP contribution in [-0.4, -0.2) is 4.98 Å². The van der Waals surface area contributed by atoms with E-state index in [-0.39, 0.29) is 5.54 Å². The van der Waals surface area contributed by atoms with Gasteiger partial charge in [-0.3, -0.25) is 0 Å². The van der Waals surface area contributed by atoms with Gasteiger partial charge in [0.25, 0.3) is 0 Å². The largest absolute Gasteiger partial charge is 0.321 e. The van der Waals surface area contributed by atoms with E-state index in [2.05, 4.69) is 24.0 Å². The normalized spacial score (nSPS) is 17.4. The Morgan fingerprint density at radius 1 is 1.25 bits per heavy atom. The van der Waals surface area contributed by atoms with Crippen LogP contribution in [0.4, 0.5) is 0 Å². The third-order valence-corrected chi connectivity index (χ3v) is 4.48. The fourth-order valence-corrected chi connectivity index (χ4v) is 3.15. The maximum absolute atomic E-state index is 6.23. The van der Waals surface area contributed by atoms with Crippen LogP contribution in [0.2, 0.25) is 0 Å². The van der Waals surface area contributed by atoms with E-state index >= 15 is 0 Å². The maximum atomic E-state index is 6.23. The molecule has 3 heteroatoms. The lowest BCUT2D eigenvalue weighted by molar-refractivity contribution is 0.748. The SMILES string of the molecule is Cc1nc(-c2ccccc2)sc1C1(N)CC1. The van der Waals surface area contributed by atoms with Crippen molar-refractivity contribution in [1.29, 1.82) is 0 Å². The number of aryl methyl sites for hydroxylation is 1. The standard InChI is InChI=1S/C13H14N2S/c1-9-11(13(14)7-8-13)16-12(15-9)10-5-3-2-4-6-10/h2-6H,7-8,14H2,1H3. The molecule has 0 radical (unpaired) electrons. The molecule has 1 heterocycles. The summed E-state index contributed by atoms with van der Waals surface area (Å²) in [6, 6.07) is 10.3. The fraction of sp³-hybridized carbons (Fsp3) is 0.308. The highest BCUT2D eigenvalue weighted by Gasteiger charge is 2.43. The van der Waals surface area contributed by atoms with E-state index in [1.54, 1.807) is 11.3 Å². The zero-order valence-corrected chi connectivity index (χ0v) is 10.1. The van der Waals surface area contributed by atoms with Crippen molar-refractivity contribution in [3.05, 3.63) is 40.9 Å². The molecule has 82 valence electrons. The summed E-state index contributed by atoms with van der Waals surface area (Å²) in [7, 11) is 0. The monoisotopic (exact) mass is 230 g/mol. The number of nitrogens with two attached hydrogens (primary N) is 1. The highest BCUT2D eigenvalue weighted by atomic mass is 32.1. The van der Waals surface area contributed by atoms with Crippen LogP contribution in [0.25, 0.3) is 10.6 Å². The van der Waals surface area contributed by atoms with Crippen molar-refractivity contribution in [2.75, 3.05) is 0 Å². The minimum Gasteiger partial charge on any atom is -0.321 e. The Bertz CT molecular complexity index is 512. The van der Waals surface area contributed by atoms with E-state index in [9.17, 15) is 0 Å². The van der Waals surface area contributed by atoms with Gasteiger partial charge in [-0.2, -0.15) is 0 Å². The van der Waals surface area contributed by atoms with Crippen LogP contribution in [0.1, 0.15) is 23.4 Å². The van der Waals surface area contributed by atoms with Gasteiger partial charge in [0.1, 0.15) is 5.01 Å². The number of thiazole rings is 1. The molecule has 0 saturated heterocycles. The van der Waals surface area contributed by atoms with Crippen LogP contribution in [0, 0.1) is 6.92 Å². The molecule has 1 saturated carbocycles. The summed E-state index contributed by atoms with van der Waals surface area (Å²) < 4.78 is 0. The third-order valence-electron chi connectivity index (χ3n) is 3.06. The summed E-state index contributed by atoms with van der Waals surface area (Å²) >= 11 is 1.75. The summed E-state index contributed by atoms with van der Waals surface area (Å²) in [5.74, 6) is 0. The molecule has 1 fully saturated rings. The van der Waals surface area contributed by atoms with E-state index in [1.165, 1.54) is 10.4 Å². The Morgan fingerprint density at radius 3 is 2.56 bits per heavy atom. The van der Waals surface area contributed by atoms with Crippen molar-refractivity contribution in [3.8, 4) is 10.6 Å².